The van der Waals surface area contributed by atoms with Crippen LogP contribution in [0, 0.1) is 0 Å². The molecule has 18 heavy (non-hydrogen) atoms. The number of nitrogens with one attached hydrogen (secondary N) is 1. The van der Waals surface area contributed by atoms with Crippen LogP contribution in [0.25, 0.3) is 0 Å². The Balaban J connectivity index is 2.51. The number of hydrogen-bond acceptors (Lipinski definition) is 4. The van der Waals surface area contributed by atoms with Gasteiger partial charge in [-0.3, -0.25) is 4.79 Å². The predicted molar refractivity (Wildman–Crippen MR) is 71.9 cm³/mol. The number of rotatable bonds is 7. The molecule has 0 bridgehead atoms. The largest absolute Gasteiger partial charge is 0.491 e. The van der Waals surface area contributed by atoms with Gasteiger partial charge >= 0.3 is 5.97 Å². The maximum atomic E-state index is 11.2. The van der Waals surface area contributed by atoms with Gasteiger partial charge in [-0.25, -0.2) is 0 Å². The van der Waals surface area contributed by atoms with Crippen molar-refractivity contribution in [2.75, 3.05) is 18.5 Å². The molecule has 0 aliphatic carbocycles. The van der Waals surface area contributed by atoms with E-state index in [1.807, 2.05) is 31.2 Å². The number of ether oxygens (including phenoxy) is 2. The lowest BCUT2D eigenvalue weighted by Gasteiger charge is -2.13. The van der Waals surface area contributed by atoms with Crippen LogP contribution in [-0.4, -0.2) is 25.2 Å². The summed E-state index contributed by atoms with van der Waals surface area (Å²) in [5, 5.41) is 3.01. The molecule has 4 nitrogen and oxygen atoms in total. The highest BCUT2D eigenvalue weighted by atomic mass is 16.5. The Labute approximate surface area is 108 Å². The smallest absolute Gasteiger partial charge is 0.325 e. The lowest BCUT2D eigenvalue weighted by Crippen LogP contribution is -2.16. The standard InChI is InChI=1S/C14H21NO3/c1-4-11(3)18-13-8-6-7-12(9-13)15-10-14(16)17-5-2/h6-9,11,15H,4-5,10H2,1-3H3. The van der Waals surface area contributed by atoms with Gasteiger partial charge in [-0.15, -0.1) is 0 Å². The quantitative estimate of drug-likeness (QED) is 0.757. The van der Waals surface area contributed by atoms with Crippen molar-refractivity contribution in [1.82, 2.24) is 0 Å². The number of esters is 1. The van der Waals surface area contributed by atoms with Gasteiger partial charge in [-0.05, 0) is 32.4 Å². The molecule has 1 aromatic carbocycles. The molecule has 1 N–H and O–H groups in total. The van der Waals surface area contributed by atoms with Gasteiger partial charge in [0, 0.05) is 11.8 Å². The molecule has 4 heteroatoms. The molecule has 1 atom stereocenters. The van der Waals surface area contributed by atoms with E-state index in [-0.39, 0.29) is 18.6 Å². The summed E-state index contributed by atoms with van der Waals surface area (Å²) in [7, 11) is 0. The fraction of sp³-hybridized carbons (Fsp3) is 0.500. The van der Waals surface area contributed by atoms with Crippen LogP contribution in [0.3, 0.4) is 0 Å². The van der Waals surface area contributed by atoms with E-state index in [0.29, 0.717) is 6.61 Å². The summed E-state index contributed by atoms with van der Waals surface area (Å²) < 4.78 is 10.5. The molecular formula is C14H21NO3. The summed E-state index contributed by atoms with van der Waals surface area (Å²) in [6.45, 7) is 6.46. The van der Waals surface area contributed by atoms with Crippen molar-refractivity contribution >= 4 is 11.7 Å². The first kappa shape index (κ1) is 14.4. The summed E-state index contributed by atoms with van der Waals surface area (Å²) in [6, 6.07) is 7.57. The van der Waals surface area contributed by atoms with E-state index in [2.05, 4.69) is 12.2 Å². The zero-order chi connectivity index (χ0) is 13.4. The Morgan fingerprint density at radius 2 is 2.17 bits per heavy atom. The predicted octanol–water partition coefficient (Wildman–Crippen LogP) is 2.84. The van der Waals surface area contributed by atoms with Crippen molar-refractivity contribution in [2.45, 2.75) is 33.3 Å². The molecule has 0 aliphatic heterocycles. The average molecular weight is 251 g/mol. The van der Waals surface area contributed by atoms with Crippen molar-refractivity contribution in [3.63, 3.8) is 0 Å². The Morgan fingerprint density at radius 3 is 2.83 bits per heavy atom. The Hall–Kier alpha value is -1.71. The number of anilines is 1. The third-order valence-corrected chi connectivity index (χ3v) is 2.49. The van der Waals surface area contributed by atoms with Crippen LogP contribution >= 0.6 is 0 Å². The molecule has 0 heterocycles. The number of carbonyl (C=O) groups excluding carboxylic acids is 1. The van der Waals surface area contributed by atoms with Gasteiger partial charge in [0.25, 0.3) is 0 Å². The van der Waals surface area contributed by atoms with Crippen LogP contribution < -0.4 is 10.1 Å². The Morgan fingerprint density at radius 1 is 1.39 bits per heavy atom. The zero-order valence-electron chi connectivity index (χ0n) is 11.2. The van der Waals surface area contributed by atoms with E-state index >= 15 is 0 Å². The molecule has 0 amide bonds. The van der Waals surface area contributed by atoms with E-state index in [4.69, 9.17) is 9.47 Å². The van der Waals surface area contributed by atoms with Crippen molar-refractivity contribution < 1.29 is 14.3 Å². The summed E-state index contributed by atoms with van der Waals surface area (Å²) >= 11 is 0. The summed E-state index contributed by atoms with van der Waals surface area (Å²) in [5.41, 5.74) is 0.851. The summed E-state index contributed by atoms with van der Waals surface area (Å²) in [6.07, 6.45) is 1.14. The second-order valence-electron chi connectivity index (χ2n) is 4.02. The first-order valence-corrected chi connectivity index (χ1v) is 6.32. The molecule has 0 aliphatic rings. The van der Waals surface area contributed by atoms with Gasteiger partial charge in [0.15, 0.2) is 0 Å². The van der Waals surface area contributed by atoms with Gasteiger partial charge in [0.1, 0.15) is 12.3 Å². The molecule has 0 radical (unpaired) electrons. The van der Waals surface area contributed by atoms with Crippen LogP contribution in [0.15, 0.2) is 24.3 Å². The van der Waals surface area contributed by atoms with Crippen molar-refractivity contribution in [1.29, 1.82) is 0 Å². The maximum Gasteiger partial charge on any atom is 0.325 e. The van der Waals surface area contributed by atoms with E-state index < -0.39 is 0 Å². The number of hydrogen-bond donors (Lipinski definition) is 1. The Bertz CT molecular complexity index is 379. The highest BCUT2D eigenvalue weighted by Gasteiger charge is 2.04. The summed E-state index contributed by atoms with van der Waals surface area (Å²) in [5.74, 6) is 0.545. The lowest BCUT2D eigenvalue weighted by atomic mass is 10.2. The molecule has 0 spiro atoms. The van der Waals surface area contributed by atoms with Crippen LogP contribution in [0.4, 0.5) is 5.69 Å². The van der Waals surface area contributed by atoms with Gasteiger partial charge in [0.2, 0.25) is 0 Å². The van der Waals surface area contributed by atoms with Gasteiger partial charge in [-0.1, -0.05) is 13.0 Å². The van der Waals surface area contributed by atoms with Gasteiger partial charge in [0.05, 0.1) is 12.7 Å². The fourth-order valence-corrected chi connectivity index (χ4v) is 1.38. The highest BCUT2D eigenvalue weighted by Crippen LogP contribution is 2.19. The minimum absolute atomic E-state index is 0.167. The monoisotopic (exact) mass is 251 g/mol. The average Bonchev–Trinajstić information content (AvgIpc) is 2.37. The normalized spacial score (nSPS) is 11.7. The molecule has 1 aromatic rings. The lowest BCUT2D eigenvalue weighted by molar-refractivity contribution is -0.140. The van der Waals surface area contributed by atoms with Gasteiger partial charge < -0.3 is 14.8 Å². The van der Waals surface area contributed by atoms with Crippen molar-refractivity contribution in [3.05, 3.63) is 24.3 Å². The van der Waals surface area contributed by atoms with E-state index in [1.54, 1.807) is 6.92 Å². The van der Waals surface area contributed by atoms with E-state index in [9.17, 15) is 4.79 Å². The zero-order valence-corrected chi connectivity index (χ0v) is 11.2. The topological polar surface area (TPSA) is 47.6 Å². The SMILES string of the molecule is CCOC(=O)CNc1cccc(OC(C)CC)c1. The molecule has 0 fully saturated rings. The third kappa shape index (κ3) is 5.08. The first-order valence-electron chi connectivity index (χ1n) is 6.32. The molecular weight excluding hydrogens is 230 g/mol. The Kier molecular flexibility index (Phi) is 6.05. The first-order chi connectivity index (χ1) is 8.65. The van der Waals surface area contributed by atoms with Crippen LogP contribution in [-0.2, 0) is 9.53 Å². The van der Waals surface area contributed by atoms with Crippen LogP contribution in [0.5, 0.6) is 5.75 Å². The minimum Gasteiger partial charge on any atom is -0.491 e. The molecule has 0 saturated carbocycles. The second kappa shape index (κ2) is 7.58. The molecule has 100 valence electrons. The van der Waals surface area contributed by atoms with Gasteiger partial charge in [-0.2, -0.15) is 0 Å². The summed E-state index contributed by atoms with van der Waals surface area (Å²) in [4.78, 5) is 11.2. The number of carbonyl (C=O) groups is 1. The fourth-order valence-electron chi connectivity index (χ4n) is 1.38. The molecule has 1 rings (SSSR count). The number of benzene rings is 1. The van der Waals surface area contributed by atoms with E-state index in [0.717, 1.165) is 17.9 Å². The van der Waals surface area contributed by atoms with E-state index in [1.165, 1.54) is 0 Å². The third-order valence-electron chi connectivity index (χ3n) is 2.49. The highest BCUT2D eigenvalue weighted by molar-refractivity contribution is 5.75. The molecule has 0 aromatic heterocycles. The molecule has 0 saturated heterocycles. The van der Waals surface area contributed by atoms with Crippen molar-refractivity contribution in [3.8, 4) is 5.75 Å². The minimum atomic E-state index is -0.259. The molecule has 1 unspecified atom stereocenters. The van der Waals surface area contributed by atoms with Crippen molar-refractivity contribution in [2.24, 2.45) is 0 Å². The van der Waals surface area contributed by atoms with Crippen LogP contribution in [0.2, 0.25) is 0 Å². The second-order valence-corrected chi connectivity index (χ2v) is 4.02. The maximum absolute atomic E-state index is 11.2. The van der Waals surface area contributed by atoms with Crippen LogP contribution in [0.1, 0.15) is 27.2 Å².